The van der Waals surface area contributed by atoms with Crippen molar-refractivity contribution < 1.29 is 9.53 Å². The summed E-state index contributed by atoms with van der Waals surface area (Å²) in [5, 5.41) is 10.0. The van der Waals surface area contributed by atoms with Gasteiger partial charge in [-0.2, -0.15) is 5.26 Å². The molecular weight excluding hydrogens is 368 g/mol. The number of ether oxygens (including phenoxy) is 1. The molecule has 1 aromatic heterocycles. The molecule has 5 heteroatoms. The van der Waals surface area contributed by atoms with Crippen LogP contribution in [0.2, 0.25) is 0 Å². The molecule has 1 heterocycles. The first-order valence-corrected chi connectivity index (χ1v) is 8.37. The summed E-state index contributed by atoms with van der Waals surface area (Å²) in [5.74, 6) is -0.350. The molecule has 0 N–H and O–H groups in total. The number of rotatable bonds is 4. The number of aromatic nitrogens is 1. The molecule has 24 heavy (non-hydrogen) atoms. The number of fused-ring (bicyclic) bond motifs is 1. The predicted molar refractivity (Wildman–Crippen MR) is 95.9 cm³/mol. The first-order valence-electron chi connectivity index (χ1n) is 7.58. The number of carbonyl (C=O) groups is 1. The zero-order chi connectivity index (χ0) is 17.1. The van der Waals surface area contributed by atoms with Gasteiger partial charge in [0.15, 0.2) is 0 Å². The van der Waals surface area contributed by atoms with Crippen molar-refractivity contribution in [3.05, 3.63) is 69.8 Å². The van der Waals surface area contributed by atoms with Crippen LogP contribution in [0.5, 0.6) is 0 Å². The Morgan fingerprint density at radius 3 is 2.79 bits per heavy atom. The summed E-state index contributed by atoms with van der Waals surface area (Å²) in [5.41, 5.74) is 3.00. The van der Waals surface area contributed by atoms with E-state index in [0.717, 1.165) is 20.9 Å². The zero-order valence-corrected chi connectivity index (χ0v) is 14.7. The molecule has 0 amide bonds. The molecule has 0 aliphatic heterocycles. The first kappa shape index (κ1) is 16.3. The Morgan fingerprint density at radius 2 is 2.04 bits per heavy atom. The lowest BCUT2D eigenvalue weighted by Gasteiger charge is -2.11. The quantitative estimate of drug-likeness (QED) is 0.624. The summed E-state index contributed by atoms with van der Waals surface area (Å²) >= 11 is 3.53. The fourth-order valence-electron chi connectivity index (χ4n) is 2.71. The summed E-state index contributed by atoms with van der Waals surface area (Å²) in [7, 11) is 0. The lowest BCUT2D eigenvalue weighted by Crippen LogP contribution is -2.12. The molecule has 4 nitrogen and oxygen atoms in total. The SMILES string of the molecule is CCOC(=O)c1cc2c(Br)cccc2n1Cc1cccc(C#N)c1. The minimum absolute atomic E-state index is 0.325. The number of halogens is 1. The first-order chi connectivity index (χ1) is 11.6. The van der Waals surface area contributed by atoms with Gasteiger partial charge in [0.05, 0.1) is 23.8 Å². The molecule has 0 atom stereocenters. The monoisotopic (exact) mass is 382 g/mol. The van der Waals surface area contributed by atoms with Gasteiger partial charge in [-0.1, -0.05) is 34.1 Å². The highest BCUT2D eigenvalue weighted by molar-refractivity contribution is 9.10. The second-order valence-corrected chi connectivity index (χ2v) is 6.18. The van der Waals surface area contributed by atoms with E-state index in [1.165, 1.54) is 0 Å². The van der Waals surface area contributed by atoms with E-state index in [2.05, 4.69) is 22.0 Å². The van der Waals surface area contributed by atoms with Crippen LogP contribution < -0.4 is 0 Å². The Bertz CT molecular complexity index is 954. The molecule has 0 aliphatic carbocycles. The summed E-state index contributed by atoms with van der Waals surface area (Å²) in [6.45, 7) is 2.60. The van der Waals surface area contributed by atoms with Crippen LogP contribution in [0.4, 0.5) is 0 Å². The molecule has 0 aliphatic rings. The van der Waals surface area contributed by atoms with E-state index in [-0.39, 0.29) is 5.97 Å². The van der Waals surface area contributed by atoms with Gasteiger partial charge in [-0.3, -0.25) is 0 Å². The second-order valence-electron chi connectivity index (χ2n) is 5.32. The van der Waals surface area contributed by atoms with E-state index in [9.17, 15) is 4.79 Å². The molecule has 120 valence electrons. The van der Waals surface area contributed by atoms with Crippen molar-refractivity contribution in [1.82, 2.24) is 4.57 Å². The fourth-order valence-corrected chi connectivity index (χ4v) is 3.18. The van der Waals surface area contributed by atoms with Crippen LogP contribution in [0.3, 0.4) is 0 Å². The van der Waals surface area contributed by atoms with E-state index in [4.69, 9.17) is 10.00 Å². The van der Waals surface area contributed by atoms with Crippen LogP contribution in [-0.4, -0.2) is 17.1 Å². The third-order valence-corrected chi connectivity index (χ3v) is 4.47. The van der Waals surface area contributed by atoms with Crippen LogP contribution in [-0.2, 0) is 11.3 Å². The maximum Gasteiger partial charge on any atom is 0.354 e. The summed E-state index contributed by atoms with van der Waals surface area (Å²) in [6, 6.07) is 17.2. The molecule has 0 saturated heterocycles. The molecular formula is C19H15BrN2O2. The minimum Gasteiger partial charge on any atom is -0.461 e. The number of hydrogen-bond donors (Lipinski definition) is 0. The molecule has 2 aromatic carbocycles. The number of benzene rings is 2. The van der Waals surface area contributed by atoms with Gasteiger partial charge in [-0.25, -0.2) is 4.79 Å². The number of esters is 1. The molecule has 0 spiro atoms. The van der Waals surface area contributed by atoms with Crippen molar-refractivity contribution in [2.24, 2.45) is 0 Å². The van der Waals surface area contributed by atoms with E-state index in [0.29, 0.717) is 24.4 Å². The molecule has 0 radical (unpaired) electrons. The summed E-state index contributed by atoms with van der Waals surface area (Å²) in [6.07, 6.45) is 0. The van der Waals surface area contributed by atoms with Gasteiger partial charge in [0, 0.05) is 16.4 Å². The van der Waals surface area contributed by atoms with Gasteiger partial charge in [0.1, 0.15) is 5.69 Å². The van der Waals surface area contributed by atoms with E-state index in [1.807, 2.05) is 47.0 Å². The van der Waals surface area contributed by atoms with Gasteiger partial charge >= 0.3 is 5.97 Å². The van der Waals surface area contributed by atoms with E-state index in [1.54, 1.807) is 13.0 Å². The average Bonchev–Trinajstić information content (AvgIpc) is 2.95. The van der Waals surface area contributed by atoms with Gasteiger partial charge in [0.25, 0.3) is 0 Å². The minimum atomic E-state index is -0.350. The Labute approximate surface area is 148 Å². The number of carbonyl (C=O) groups excluding carboxylic acids is 1. The summed E-state index contributed by atoms with van der Waals surface area (Å²) in [4.78, 5) is 12.3. The Balaban J connectivity index is 2.13. The van der Waals surface area contributed by atoms with Crippen molar-refractivity contribution in [1.29, 1.82) is 5.26 Å². The second kappa shape index (κ2) is 6.90. The normalized spacial score (nSPS) is 10.5. The highest BCUT2D eigenvalue weighted by Crippen LogP contribution is 2.28. The van der Waals surface area contributed by atoms with Gasteiger partial charge in [-0.05, 0) is 42.8 Å². The fraction of sp³-hybridized carbons (Fsp3) is 0.158. The van der Waals surface area contributed by atoms with Crippen molar-refractivity contribution >= 4 is 32.8 Å². The van der Waals surface area contributed by atoms with Crippen LogP contribution in [0.25, 0.3) is 10.9 Å². The Morgan fingerprint density at radius 1 is 1.25 bits per heavy atom. The number of nitriles is 1. The van der Waals surface area contributed by atoms with E-state index < -0.39 is 0 Å². The third kappa shape index (κ3) is 3.06. The third-order valence-electron chi connectivity index (χ3n) is 3.77. The van der Waals surface area contributed by atoms with E-state index >= 15 is 0 Å². The maximum absolute atomic E-state index is 12.3. The predicted octanol–water partition coefficient (Wildman–Crippen LogP) is 4.50. The number of hydrogen-bond acceptors (Lipinski definition) is 3. The van der Waals surface area contributed by atoms with Crippen LogP contribution in [0.15, 0.2) is 53.0 Å². The lowest BCUT2D eigenvalue weighted by molar-refractivity contribution is 0.0515. The van der Waals surface area contributed by atoms with Gasteiger partial charge in [-0.15, -0.1) is 0 Å². The molecule has 0 fully saturated rings. The largest absolute Gasteiger partial charge is 0.461 e. The van der Waals surface area contributed by atoms with Crippen molar-refractivity contribution in [2.45, 2.75) is 13.5 Å². The number of nitrogens with zero attached hydrogens (tertiary/aromatic N) is 2. The molecule has 3 aromatic rings. The highest BCUT2D eigenvalue weighted by Gasteiger charge is 2.18. The van der Waals surface area contributed by atoms with Gasteiger partial charge in [0.2, 0.25) is 0 Å². The average molecular weight is 383 g/mol. The van der Waals surface area contributed by atoms with Crippen LogP contribution in [0.1, 0.15) is 28.5 Å². The van der Waals surface area contributed by atoms with Crippen molar-refractivity contribution in [2.75, 3.05) is 6.61 Å². The van der Waals surface area contributed by atoms with Gasteiger partial charge < -0.3 is 9.30 Å². The van der Waals surface area contributed by atoms with Crippen molar-refractivity contribution in [3.8, 4) is 6.07 Å². The molecule has 0 unspecified atom stereocenters. The lowest BCUT2D eigenvalue weighted by atomic mass is 10.1. The summed E-state index contributed by atoms with van der Waals surface area (Å²) < 4.78 is 8.04. The molecule has 0 bridgehead atoms. The zero-order valence-electron chi connectivity index (χ0n) is 13.1. The van der Waals surface area contributed by atoms with Crippen LogP contribution in [0, 0.1) is 11.3 Å². The molecule has 3 rings (SSSR count). The topological polar surface area (TPSA) is 55.0 Å². The maximum atomic E-state index is 12.3. The highest BCUT2D eigenvalue weighted by atomic mass is 79.9. The standard InChI is InChI=1S/C19H15BrN2O2/c1-2-24-19(23)18-10-15-16(20)7-4-8-17(15)22(18)12-14-6-3-5-13(9-14)11-21/h3-10H,2,12H2,1H3. The smallest absolute Gasteiger partial charge is 0.354 e. The van der Waals surface area contributed by atoms with Crippen molar-refractivity contribution in [3.63, 3.8) is 0 Å². The Hall–Kier alpha value is -2.58. The molecule has 0 saturated carbocycles. The van der Waals surface area contributed by atoms with Crippen LogP contribution >= 0.6 is 15.9 Å². The Kier molecular flexibility index (Phi) is 4.68.